The summed E-state index contributed by atoms with van der Waals surface area (Å²) in [6.45, 7) is 5.90. The Hall–Kier alpha value is -0.380. The smallest absolute Gasteiger partial charge is 0.0667 e. The lowest BCUT2D eigenvalue weighted by molar-refractivity contribution is 0.117. The van der Waals surface area contributed by atoms with E-state index in [1.165, 1.54) is 15.6 Å². The molecule has 1 aromatic rings. The zero-order valence-electron chi connectivity index (χ0n) is 9.51. The predicted molar refractivity (Wildman–Crippen MR) is 67.1 cm³/mol. The van der Waals surface area contributed by atoms with Crippen LogP contribution in [0.1, 0.15) is 18.1 Å². The summed E-state index contributed by atoms with van der Waals surface area (Å²) in [5.74, 6) is 0. The highest BCUT2D eigenvalue weighted by Gasteiger charge is 2.00. The minimum Gasteiger partial charge on any atom is -0.380 e. The van der Waals surface area contributed by atoms with E-state index in [0.717, 1.165) is 13.1 Å². The molecule has 0 bridgehead atoms. The van der Waals surface area contributed by atoms with E-state index in [2.05, 4.69) is 53.3 Å². The highest BCUT2D eigenvalue weighted by Crippen LogP contribution is 2.17. The number of rotatable bonds is 5. The Morgan fingerprint density at radius 1 is 1.47 bits per heavy atom. The van der Waals surface area contributed by atoms with E-state index in [1.54, 1.807) is 7.11 Å². The Morgan fingerprint density at radius 3 is 2.80 bits per heavy atom. The lowest BCUT2D eigenvalue weighted by Gasteiger charge is -2.11. The van der Waals surface area contributed by atoms with Gasteiger partial charge in [-0.2, -0.15) is 0 Å². The summed E-state index contributed by atoms with van der Waals surface area (Å²) < 4.78 is 6.33. The predicted octanol–water partition coefficient (Wildman–Crippen LogP) is 2.88. The maximum absolute atomic E-state index is 5.16. The summed E-state index contributed by atoms with van der Waals surface area (Å²) in [5.41, 5.74) is 2.56. The van der Waals surface area contributed by atoms with Crippen LogP contribution in [0, 0.1) is 6.92 Å². The Bertz CT molecular complexity index is 314. The molecule has 0 spiro atoms. The van der Waals surface area contributed by atoms with E-state index in [-0.39, 0.29) is 6.10 Å². The second-order valence-electron chi connectivity index (χ2n) is 3.76. The second kappa shape index (κ2) is 6.26. The van der Waals surface area contributed by atoms with Crippen molar-refractivity contribution in [2.75, 3.05) is 13.7 Å². The first-order chi connectivity index (χ1) is 7.13. The van der Waals surface area contributed by atoms with Gasteiger partial charge in [0.15, 0.2) is 0 Å². The van der Waals surface area contributed by atoms with Crippen molar-refractivity contribution in [3.8, 4) is 0 Å². The van der Waals surface area contributed by atoms with E-state index in [1.807, 2.05) is 0 Å². The third-order valence-corrected chi connectivity index (χ3v) is 3.25. The average Bonchev–Trinajstić information content (AvgIpc) is 2.23. The number of methoxy groups -OCH3 is 1. The molecule has 0 aliphatic heterocycles. The number of hydrogen-bond donors (Lipinski definition) is 1. The Balaban J connectivity index is 2.41. The third kappa shape index (κ3) is 4.33. The quantitative estimate of drug-likeness (QED) is 0.890. The molecule has 2 nitrogen and oxygen atoms in total. The van der Waals surface area contributed by atoms with Crippen LogP contribution in [-0.2, 0) is 11.3 Å². The van der Waals surface area contributed by atoms with Crippen LogP contribution in [0.5, 0.6) is 0 Å². The van der Waals surface area contributed by atoms with E-state index in [9.17, 15) is 0 Å². The van der Waals surface area contributed by atoms with Gasteiger partial charge in [0.2, 0.25) is 0 Å². The molecule has 0 amide bonds. The van der Waals surface area contributed by atoms with Gasteiger partial charge >= 0.3 is 0 Å². The SMILES string of the molecule is COC(C)CNCc1ccc(C)c(Br)c1. The first-order valence-electron chi connectivity index (χ1n) is 5.12. The fourth-order valence-corrected chi connectivity index (χ4v) is 1.68. The lowest BCUT2D eigenvalue weighted by Crippen LogP contribution is -2.25. The maximum atomic E-state index is 5.16. The van der Waals surface area contributed by atoms with Crippen LogP contribution in [0.3, 0.4) is 0 Å². The number of hydrogen-bond acceptors (Lipinski definition) is 2. The molecule has 0 heterocycles. The number of nitrogens with one attached hydrogen (secondary N) is 1. The molecule has 0 aliphatic carbocycles. The molecule has 3 heteroatoms. The maximum Gasteiger partial charge on any atom is 0.0667 e. The molecule has 0 aromatic heterocycles. The molecule has 0 saturated carbocycles. The molecule has 1 unspecified atom stereocenters. The number of aryl methyl sites for hydroxylation is 1. The highest BCUT2D eigenvalue weighted by molar-refractivity contribution is 9.10. The van der Waals surface area contributed by atoms with Gasteiger partial charge in [-0.05, 0) is 31.0 Å². The molecule has 84 valence electrons. The number of benzene rings is 1. The molecule has 15 heavy (non-hydrogen) atoms. The van der Waals surface area contributed by atoms with Crippen molar-refractivity contribution in [1.29, 1.82) is 0 Å². The van der Waals surface area contributed by atoms with E-state index >= 15 is 0 Å². The first kappa shape index (κ1) is 12.7. The van der Waals surface area contributed by atoms with Crippen LogP contribution >= 0.6 is 15.9 Å². The largest absolute Gasteiger partial charge is 0.380 e. The molecule has 1 aromatic carbocycles. The molecule has 0 fully saturated rings. The van der Waals surface area contributed by atoms with Gasteiger partial charge in [-0.15, -0.1) is 0 Å². The van der Waals surface area contributed by atoms with Crippen LogP contribution in [0.15, 0.2) is 22.7 Å². The zero-order valence-corrected chi connectivity index (χ0v) is 11.1. The molecule has 1 rings (SSSR count). The fraction of sp³-hybridized carbons (Fsp3) is 0.500. The third-order valence-electron chi connectivity index (χ3n) is 2.40. The second-order valence-corrected chi connectivity index (χ2v) is 4.62. The van der Waals surface area contributed by atoms with Crippen molar-refractivity contribution in [3.63, 3.8) is 0 Å². The van der Waals surface area contributed by atoms with E-state index in [4.69, 9.17) is 4.74 Å². The normalized spacial score (nSPS) is 12.8. The Labute approximate surface area is 100 Å². The standard InChI is InChI=1S/C12H18BrNO/c1-9-4-5-11(6-12(9)13)8-14-7-10(2)15-3/h4-6,10,14H,7-8H2,1-3H3. The monoisotopic (exact) mass is 271 g/mol. The van der Waals surface area contributed by atoms with Gasteiger partial charge in [-0.25, -0.2) is 0 Å². The first-order valence-corrected chi connectivity index (χ1v) is 5.91. The number of halogens is 1. The minimum absolute atomic E-state index is 0.263. The summed E-state index contributed by atoms with van der Waals surface area (Å²) in [6.07, 6.45) is 0.263. The van der Waals surface area contributed by atoms with Gasteiger partial charge in [0.1, 0.15) is 0 Å². The van der Waals surface area contributed by atoms with Crippen molar-refractivity contribution in [2.24, 2.45) is 0 Å². The van der Waals surface area contributed by atoms with Crippen LogP contribution in [0.2, 0.25) is 0 Å². The average molecular weight is 272 g/mol. The minimum atomic E-state index is 0.263. The van der Waals surface area contributed by atoms with Crippen molar-refractivity contribution >= 4 is 15.9 Å². The van der Waals surface area contributed by atoms with Gasteiger partial charge in [-0.1, -0.05) is 28.1 Å². The molecule has 1 N–H and O–H groups in total. The summed E-state index contributed by atoms with van der Waals surface area (Å²) in [4.78, 5) is 0. The summed E-state index contributed by atoms with van der Waals surface area (Å²) in [7, 11) is 1.73. The molecule has 0 radical (unpaired) electrons. The van der Waals surface area contributed by atoms with E-state index < -0.39 is 0 Å². The summed E-state index contributed by atoms with van der Waals surface area (Å²) in [5, 5.41) is 3.35. The fourth-order valence-electron chi connectivity index (χ4n) is 1.25. The molecule has 0 saturated heterocycles. The Morgan fingerprint density at radius 2 is 2.20 bits per heavy atom. The van der Waals surface area contributed by atoms with Gasteiger partial charge in [0, 0.05) is 24.7 Å². The topological polar surface area (TPSA) is 21.3 Å². The summed E-state index contributed by atoms with van der Waals surface area (Å²) in [6, 6.07) is 6.42. The zero-order chi connectivity index (χ0) is 11.3. The summed E-state index contributed by atoms with van der Waals surface area (Å²) >= 11 is 3.53. The van der Waals surface area contributed by atoms with E-state index in [0.29, 0.717) is 0 Å². The van der Waals surface area contributed by atoms with Crippen LogP contribution in [0.25, 0.3) is 0 Å². The number of ether oxygens (including phenoxy) is 1. The highest BCUT2D eigenvalue weighted by atomic mass is 79.9. The van der Waals surface area contributed by atoms with Gasteiger partial charge < -0.3 is 10.1 Å². The van der Waals surface area contributed by atoms with Crippen LogP contribution in [0.4, 0.5) is 0 Å². The molecular weight excluding hydrogens is 254 g/mol. The van der Waals surface area contributed by atoms with Crippen molar-refractivity contribution in [1.82, 2.24) is 5.32 Å². The van der Waals surface area contributed by atoms with Gasteiger partial charge in [-0.3, -0.25) is 0 Å². The van der Waals surface area contributed by atoms with Gasteiger partial charge in [0.25, 0.3) is 0 Å². The lowest BCUT2D eigenvalue weighted by atomic mass is 10.1. The van der Waals surface area contributed by atoms with Crippen LogP contribution < -0.4 is 5.32 Å². The molecule has 0 aliphatic rings. The molecule has 1 atom stereocenters. The van der Waals surface area contributed by atoms with Crippen molar-refractivity contribution < 1.29 is 4.74 Å². The van der Waals surface area contributed by atoms with Crippen molar-refractivity contribution in [2.45, 2.75) is 26.5 Å². The van der Waals surface area contributed by atoms with Crippen molar-refractivity contribution in [3.05, 3.63) is 33.8 Å². The molecular formula is C12H18BrNO. The Kier molecular flexibility index (Phi) is 5.29. The van der Waals surface area contributed by atoms with Gasteiger partial charge in [0.05, 0.1) is 6.10 Å². The van der Waals surface area contributed by atoms with Crippen LogP contribution in [-0.4, -0.2) is 19.8 Å².